The van der Waals surface area contributed by atoms with E-state index in [9.17, 15) is 20.0 Å². The Bertz CT molecular complexity index is 1160. The molecule has 0 bridgehead atoms. The fraction of sp³-hybridized carbons (Fsp3) is 0.667. The molecule has 0 spiro atoms. The lowest BCUT2D eigenvalue weighted by Crippen LogP contribution is -2.36. The Kier molecular flexibility index (Phi) is 8.99. The Morgan fingerprint density at radius 2 is 1.95 bits per heavy atom. The van der Waals surface area contributed by atoms with Crippen molar-refractivity contribution in [1.29, 1.82) is 0 Å². The number of phenols is 1. The van der Waals surface area contributed by atoms with Gasteiger partial charge in [0.1, 0.15) is 23.1 Å². The van der Waals surface area contributed by atoms with Crippen LogP contribution in [0, 0.1) is 16.0 Å². The zero-order valence-corrected chi connectivity index (χ0v) is 23.8. The average molecular weight is 542 g/mol. The summed E-state index contributed by atoms with van der Waals surface area (Å²) in [5.41, 5.74) is 0.317. The van der Waals surface area contributed by atoms with Gasteiger partial charge in [0.25, 0.3) is 0 Å². The topological polar surface area (TPSA) is 128 Å². The first kappa shape index (κ1) is 29.1. The number of nitrogens with one attached hydrogen (secondary N) is 1. The molecule has 9 heteroatoms. The highest BCUT2D eigenvalue weighted by atomic mass is 16.7. The second-order valence-corrected chi connectivity index (χ2v) is 12.4. The number of imidazole rings is 1. The van der Waals surface area contributed by atoms with Gasteiger partial charge in [-0.15, -0.1) is 0 Å². The summed E-state index contributed by atoms with van der Waals surface area (Å²) in [5.74, 6) is 1.50. The van der Waals surface area contributed by atoms with Gasteiger partial charge in [0.05, 0.1) is 29.0 Å². The molecule has 2 aliphatic rings. The van der Waals surface area contributed by atoms with Gasteiger partial charge in [0.15, 0.2) is 6.29 Å². The van der Waals surface area contributed by atoms with E-state index in [0.717, 1.165) is 19.3 Å². The van der Waals surface area contributed by atoms with Gasteiger partial charge in [-0.1, -0.05) is 46.0 Å². The summed E-state index contributed by atoms with van der Waals surface area (Å²) >= 11 is 0. The van der Waals surface area contributed by atoms with E-state index in [2.05, 4.69) is 4.98 Å². The fourth-order valence-electron chi connectivity index (χ4n) is 6.28. The molecule has 1 saturated heterocycles. The number of carbonyl (C=O) groups is 1. The Labute approximate surface area is 230 Å². The SMILES string of the molecule is CC(=O)CC(C)(C)c1nc(-c2ccc(OC3CCCO3)cc2O)[nH]c1C(C)(CCC1CCCCC1)C[N+](=O)[O-]. The molecule has 0 amide bonds. The number of hydrogen-bond donors (Lipinski definition) is 2. The van der Waals surface area contributed by atoms with Crippen LogP contribution in [0.2, 0.25) is 0 Å². The minimum absolute atomic E-state index is 0.0140. The lowest BCUT2D eigenvalue weighted by Gasteiger charge is -2.32. The smallest absolute Gasteiger partial charge is 0.214 e. The quantitative estimate of drug-likeness (QED) is 0.233. The summed E-state index contributed by atoms with van der Waals surface area (Å²) in [4.78, 5) is 32.2. The standard InChI is InChI=1S/C30H43N3O6/c1-20(34)18-29(2,3)26-27(30(4,19-33(36)37)15-14-21-9-6-5-7-10-21)32-28(31-26)23-13-12-22(17-24(23)35)39-25-11-8-16-38-25/h12-13,17,21,25,35H,5-11,14-16,18-19H2,1-4H3,(H,31,32). The minimum atomic E-state index is -0.811. The van der Waals surface area contributed by atoms with E-state index in [0.29, 0.717) is 47.5 Å². The van der Waals surface area contributed by atoms with Gasteiger partial charge >= 0.3 is 0 Å². The molecular weight excluding hydrogens is 498 g/mol. The van der Waals surface area contributed by atoms with Crippen molar-refractivity contribution in [2.24, 2.45) is 5.92 Å². The first-order chi connectivity index (χ1) is 18.5. The fourth-order valence-corrected chi connectivity index (χ4v) is 6.28. The molecule has 0 radical (unpaired) electrons. The van der Waals surface area contributed by atoms with Gasteiger partial charge in [0.2, 0.25) is 6.54 Å². The van der Waals surface area contributed by atoms with Gasteiger partial charge in [-0.05, 0) is 51.2 Å². The van der Waals surface area contributed by atoms with Gasteiger partial charge in [-0.3, -0.25) is 14.9 Å². The van der Waals surface area contributed by atoms with Gasteiger partial charge in [-0.2, -0.15) is 0 Å². The molecule has 214 valence electrons. The van der Waals surface area contributed by atoms with Crippen LogP contribution in [0.4, 0.5) is 0 Å². The van der Waals surface area contributed by atoms with Crippen LogP contribution >= 0.6 is 0 Å². The number of rotatable bonds is 12. The van der Waals surface area contributed by atoms with E-state index < -0.39 is 10.8 Å². The van der Waals surface area contributed by atoms with E-state index >= 15 is 0 Å². The summed E-state index contributed by atoms with van der Waals surface area (Å²) in [5, 5.41) is 22.9. The van der Waals surface area contributed by atoms with Crippen molar-refractivity contribution in [3.63, 3.8) is 0 Å². The van der Waals surface area contributed by atoms with Crippen molar-refractivity contribution >= 4 is 5.78 Å². The number of aromatic nitrogens is 2. The highest BCUT2D eigenvalue weighted by molar-refractivity contribution is 5.77. The van der Waals surface area contributed by atoms with Crippen molar-refractivity contribution in [2.75, 3.05) is 13.2 Å². The summed E-state index contributed by atoms with van der Waals surface area (Å²) < 4.78 is 11.4. The number of ether oxygens (including phenoxy) is 2. The second-order valence-electron chi connectivity index (χ2n) is 12.4. The van der Waals surface area contributed by atoms with Crippen LogP contribution in [0.3, 0.4) is 0 Å². The molecule has 1 aromatic heterocycles. The molecule has 2 unspecified atom stereocenters. The highest BCUT2D eigenvalue weighted by Gasteiger charge is 2.42. The Balaban J connectivity index is 1.72. The zero-order chi connectivity index (χ0) is 28.2. The number of benzene rings is 1. The zero-order valence-electron chi connectivity index (χ0n) is 23.8. The van der Waals surface area contributed by atoms with Crippen molar-refractivity contribution in [3.8, 4) is 22.9 Å². The number of hydrogen-bond acceptors (Lipinski definition) is 7. The Hall–Kier alpha value is -2.94. The Morgan fingerprint density at radius 3 is 2.56 bits per heavy atom. The normalized spacial score (nSPS) is 20.1. The summed E-state index contributed by atoms with van der Waals surface area (Å²) in [7, 11) is 0. The molecule has 2 heterocycles. The third kappa shape index (κ3) is 7.18. The average Bonchev–Trinajstić information content (AvgIpc) is 3.53. The first-order valence-corrected chi connectivity index (χ1v) is 14.3. The van der Waals surface area contributed by atoms with Crippen LogP contribution in [-0.2, 0) is 20.4 Å². The molecule has 1 aromatic carbocycles. The van der Waals surface area contributed by atoms with E-state index in [-0.39, 0.29) is 35.7 Å². The van der Waals surface area contributed by atoms with Crippen molar-refractivity contribution in [2.45, 2.75) is 109 Å². The van der Waals surface area contributed by atoms with E-state index in [1.165, 1.54) is 32.1 Å². The maximum Gasteiger partial charge on any atom is 0.214 e. The molecule has 2 atom stereocenters. The Morgan fingerprint density at radius 1 is 1.21 bits per heavy atom. The summed E-state index contributed by atoms with van der Waals surface area (Å²) in [6.07, 6.45) is 9.24. The lowest BCUT2D eigenvalue weighted by molar-refractivity contribution is -0.490. The number of aromatic hydroxyl groups is 1. The van der Waals surface area contributed by atoms with Crippen LogP contribution in [0.15, 0.2) is 18.2 Å². The number of aromatic amines is 1. The van der Waals surface area contributed by atoms with E-state index in [4.69, 9.17) is 14.5 Å². The molecule has 2 aromatic rings. The molecular formula is C30H43N3O6. The summed E-state index contributed by atoms with van der Waals surface area (Å²) in [6, 6.07) is 5.04. The van der Waals surface area contributed by atoms with Crippen LogP contribution in [0.25, 0.3) is 11.4 Å². The first-order valence-electron chi connectivity index (χ1n) is 14.3. The van der Waals surface area contributed by atoms with Gasteiger partial charge < -0.3 is 19.6 Å². The molecule has 1 aliphatic carbocycles. The number of ketones is 1. The highest BCUT2D eigenvalue weighted by Crippen LogP contribution is 2.42. The van der Waals surface area contributed by atoms with E-state index in [1.807, 2.05) is 20.8 Å². The molecule has 39 heavy (non-hydrogen) atoms. The molecule has 1 saturated carbocycles. The molecule has 2 fully saturated rings. The number of Topliss-reactive ketones (excluding diaryl/α,β-unsaturated/α-hetero) is 1. The number of H-pyrrole nitrogens is 1. The minimum Gasteiger partial charge on any atom is -0.507 e. The molecule has 1 aliphatic heterocycles. The van der Waals surface area contributed by atoms with Crippen molar-refractivity contribution < 1.29 is 24.3 Å². The maximum atomic E-state index is 12.2. The monoisotopic (exact) mass is 541 g/mol. The lowest BCUT2D eigenvalue weighted by atomic mass is 9.72. The molecule has 4 rings (SSSR count). The van der Waals surface area contributed by atoms with Crippen LogP contribution in [0.5, 0.6) is 11.5 Å². The largest absolute Gasteiger partial charge is 0.507 e. The maximum absolute atomic E-state index is 12.2. The number of nitro groups is 1. The third-order valence-electron chi connectivity index (χ3n) is 8.33. The number of carbonyl (C=O) groups excluding carboxylic acids is 1. The third-order valence-corrected chi connectivity index (χ3v) is 8.33. The van der Waals surface area contributed by atoms with Crippen LogP contribution < -0.4 is 4.74 Å². The van der Waals surface area contributed by atoms with Gasteiger partial charge in [-0.25, -0.2) is 4.98 Å². The number of phenolic OH excluding ortho intramolecular Hbond substituents is 1. The van der Waals surface area contributed by atoms with Crippen molar-refractivity contribution in [3.05, 3.63) is 39.7 Å². The van der Waals surface area contributed by atoms with Crippen LogP contribution in [-0.4, -0.2) is 45.2 Å². The summed E-state index contributed by atoms with van der Waals surface area (Å²) in [6.45, 7) is 7.79. The van der Waals surface area contributed by atoms with Gasteiger partial charge in [0, 0.05) is 29.2 Å². The molecule has 9 nitrogen and oxygen atoms in total. The number of nitrogens with zero attached hydrogens (tertiary/aromatic N) is 2. The predicted octanol–water partition coefficient (Wildman–Crippen LogP) is 6.45. The van der Waals surface area contributed by atoms with E-state index in [1.54, 1.807) is 25.1 Å². The van der Waals surface area contributed by atoms with Crippen LogP contribution in [0.1, 0.15) is 103 Å². The predicted molar refractivity (Wildman–Crippen MR) is 149 cm³/mol. The second kappa shape index (κ2) is 12.1. The van der Waals surface area contributed by atoms with Crippen molar-refractivity contribution in [1.82, 2.24) is 9.97 Å². The molecule has 2 N–H and O–H groups in total.